The van der Waals surface area contributed by atoms with Gasteiger partial charge in [0.1, 0.15) is 5.75 Å². The highest BCUT2D eigenvalue weighted by Crippen LogP contribution is 2.44. The molecule has 0 saturated carbocycles. The molecule has 3 rings (SSSR count). The van der Waals surface area contributed by atoms with Gasteiger partial charge in [0, 0.05) is 16.5 Å². The second-order valence-corrected chi connectivity index (χ2v) is 6.82. The van der Waals surface area contributed by atoms with E-state index in [0.29, 0.717) is 6.61 Å². The van der Waals surface area contributed by atoms with Crippen LogP contribution in [0.5, 0.6) is 5.75 Å². The summed E-state index contributed by atoms with van der Waals surface area (Å²) in [5.41, 5.74) is 1.33. The SMILES string of the molecule is CC1(C)CC=CC2(C1)OCc1cc(Br)ccc1O2. The van der Waals surface area contributed by atoms with E-state index in [1.54, 1.807) is 0 Å². The number of hydrogen-bond acceptors (Lipinski definition) is 2. The van der Waals surface area contributed by atoms with E-state index in [1.807, 2.05) is 12.1 Å². The first-order valence-electron chi connectivity index (χ1n) is 6.27. The van der Waals surface area contributed by atoms with E-state index < -0.39 is 5.79 Å². The van der Waals surface area contributed by atoms with Gasteiger partial charge in [-0.1, -0.05) is 35.9 Å². The standard InChI is InChI=1S/C15H17BrO2/c1-14(2)6-3-7-15(10-14)17-9-11-8-12(16)4-5-13(11)18-15/h3-5,7-8H,6,9-10H2,1-2H3. The number of allylic oxidation sites excluding steroid dienone is 1. The molecular formula is C15H17BrO2. The van der Waals surface area contributed by atoms with Gasteiger partial charge in [0.25, 0.3) is 0 Å². The van der Waals surface area contributed by atoms with Gasteiger partial charge in [-0.2, -0.15) is 0 Å². The number of hydrogen-bond donors (Lipinski definition) is 0. The van der Waals surface area contributed by atoms with Crippen LogP contribution in [-0.2, 0) is 11.3 Å². The first-order chi connectivity index (χ1) is 8.48. The Bertz CT molecular complexity index is 507. The molecule has 1 spiro atoms. The van der Waals surface area contributed by atoms with Crippen molar-refractivity contribution in [2.24, 2.45) is 5.41 Å². The summed E-state index contributed by atoms with van der Waals surface area (Å²) < 4.78 is 13.2. The molecule has 0 N–H and O–H groups in total. The lowest BCUT2D eigenvalue weighted by molar-refractivity contribution is -0.192. The zero-order valence-electron chi connectivity index (χ0n) is 10.7. The maximum absolute atomic E-state index is 6.12. The minimum Gasteiger partial charge on any atom is -0.458 e. The Morgan fingerprint density at radius 2 is 2.11 bits per heavy atom. The molecule has 1 aromatic carbocycles. The Balaban J connectivity index is 1.93. The summed E-state index contributed by atoms with van der Waals surface area (Å²) in [5.74, 6) is 0.370. The fourth-order valence-electron chi connectivity index (χ4n) is 2.70. The average molecular weight is 309 g/mol. The minimum absolute atomic E-state index is 0.224. The predicted molar refractivity (Wildman–Crippen MR) is 74.4 cm³/mol. The zero-order valence-corrected chi connectivity index (χ0v) is 12.3. The highest BCUT2D eigenvalue weighted by atomic mass is 79.9. The van der Waals surface area contributed by atoms with Crippen LogP contribution in [0.1, 0.15) is 32.3 Å². The molecule has 2 aliphatic rings. The third kappa shape index (κ3) is 2.21. The van der Waals surface area contributed by atoms with Crippen LogP contribution >= 0.6 is 15.9 Å². The fraction of sp³-hybridized carbons (Fsp3) is 0.467. The third-order valence-corrected chi connectivity index (χ3v) is 4.04. The summed E-state index contributed by atoms with van der Waals surface area (Å²) in [6.07, 6.45) is 6.22. The molecule has 1 unspecified atom stereocenters. The number of ether oxygens (including phenoxy) is 2. The topological polar surface area (TPSA) is 18.5 Å². The lowest BCUT2D eigenvalue weighted by Gasteiger charge is -2.43. The van der Waals surface area contributed by atoms with Crippen LogP contribution < -0.4 is 4.74 Å². The molecule has 18 heavy (non-hydrogen) atoms. The molecule has 96 valence electrons. The molecule has 0 fully saturated rings. The van der Waals surface area contributed by atoms with E-state index in [-0.39, 0.29) is 5.41 Å². The molecule has 0 aromatic heterocycles. The van der Waals surface area contributed by atoms with Gasteiger partial charge in [-0.05, 0) is 36.1 Å². The molecule has 0 saturated heterocycles. The van der Waals surface area contributed by atoms with Gasteiger partial charge < -0.3 is 9.47 Å². The monoisotopic (exact) mass is 308 g/mol. The average Bonchev–Trinajstić information content (AvgIpc) is 2.28. The van der Waals surface area contributed by atoms with Gasteiger partial charge in [-0.3, -0.25) is 0 Å². The van der Waals surface area contributed by atoms with E-state index in [0.717, 1.165) is 28.6 Å². The second kappa shape index (κ2) is 4.10. The molecule has 1 atom stereocenters. The summed E-state index contributed by atoms with van der Waals surface area (Å²) >= 11 is 3.47. The summed E-state index contributed by atoms with van der Waals surface area (Å²) in [6.45, 7) is 5.11. The normalized spacial score (nSPS) is 28.8. The van der Waals surface area contributed by atoms with Gasteiger partial charge in [0.05, 0.1) is 6.61 Å². The van der Waals surface area contributed by atoms with Gasteiger partial charge in [0.2, 0.25) is 5.79 Å². The quantitative estimate of drug-likeness (QED) is 0.660. The van der Waals surface area contributed by atoms with Crippen molar-refractivity contribution in [2.75, 3.05) is 0 Å². The van der Waals surface area contributed by atoms with Crippen molar-refractivity contribution >= 4 is 15.9 Å². The molecule has 0 amide bonds. The highest BCUT2D eigenvalue weighted by molar-refractivity contribution is 9.10. The molecule has 0 bridgehead atoms. The molecule has 1 aliphatic carbocycles. The van der Waals surface area contributed by atoms with Gasteiger partial charge in [-0.25, -0.2) is 0 Å². The van der Waals surface area contributed by atoms with Gasteiger partial charge >= 0.3 is 0 Å². The van der Waals surface area contributed by atoms with E-state index in [9.17, 15) is 0 Å². The molecule has 1 aliphatic heterocycles. The summed E-state index contributed by atoms with van der Waals surface area (Å²) in [6, 6.07) is 6.08. The Morgan fingerprint density at radius 3 is 2.89 bits per heavy atom. The Labute approximate surface area is 116 Å². The number of fused-ring (bicyclic) bond motifs is 1. The smallest absolute Gasteiger partial charge is 0.231 e. The fourth-order valence-corrected chi connectivity index (χ4v) is 3.11. The van der Waals surface area contributed by atoms with Crippen molar-refractivity contribution in [3.63, 3.8) is 0 Å². The Hall–Kier alpha value is -0.800. The third-order valence-electron chi connectivity index (χ3n) is 3.54. The Morgan fingerprint density at radius 1 is 1.28 bits per heavy atom. The van der Waals surface area contributed by atoms with Crippen LogP contribution in [-0.4, -0.2) is 5.79 Å². The highest BCUT2D eigenvalue weighted by Gasteiger charge is 2.42. The van der Waals surface area contributed by atoms with Crippen molar-refractivity contribution in [1.29, 1.82) is 0 Å². The summed E-state index contributed by atoms with van der Waals surface area (Å²) in [4.78, 5) is 0. The van der Waals surface area contributed by atoms with Crippen LogP contribution in [0.4, 0.5) is 0 Å². The van der Waals surface area contributed by atoms with Crippen LogP contribution in [0.15, 0.2) is 34.8 Å². The number of benzene rings is 1. The van der Waals surface area contributed by atoms with Crippen LogP contribution in [0.3, 0.4) is 0 Å². The minimum atomic E-state index is -0.567. The van der Waals surface area contributed by atoms with Crippen LogP contribution in [0, 0.1) is 5.41 Å². The van der Waals surface area contributed by atoms with E-state index >= 15 is 0 Å². The van der Waals surface area contributed by atoms with E-state index in [2.05, 4.69) is 48.0 Å². The Kier molecular flexibility index (Phi) is 2.79. The van der Waals surface area contributed by atoms with Crippen molar-refractivity contribution in [1.82, 2.24) is 0 Å². The largest absolute Gasteiger partial charge is 0.458 e. The number of rotatable bonds is 0. The molecule has 1 aromatic rings. The van der Waals surface area contributed by atoms with Crippen molar-refractivity contribution in [3.05, 3.63) is 40.4 Å². The van der Waals surface area contributed by atoms with Crippen LogP contribution in [0.2, 0.25) is 0 Å². The summed E-state index contributed by atoms with van der Waals surface area (Å²) in [5, 5.41) is 0. The first kappa shape index (κ1) is 12.2. The molecular weight excluding hydrogens is 292 g/mol. The zero-order chi connectivity index (χ0) is 12.8. The van der Waals surface area contributed by atoms with Gasteiger partial charge in [-0.15, -0.1) is 0 Å². The lowest BCUT2D eigenvalue weighted by Crippen LogP contribution is -2.45. The summed E-state index contributed by atoms with van der Waals surface area (Å²) in [7, 11) is 0. The molecule has 1 heterocycles. The molecule has 3 heteroatoms. The second-order valence-electron chi connectivity index (χ2n) is 5.90. The van der Waals surface area contributed by atoms with Crippen LogP contribution in [0.25, 0.3) is 0 Å². The first-order valence-corrected chi connectivity index (χ1v) is 7.07. The van der Waals surface area contributed by atoms with Gasteiger partial charge in [0.15, 0.2) is 0 Å². The maximum Gasteiger partial charge on any atom is 0.231 e. The maximum atomic E-state index is 6.12. The molecule has 0 radical (unpaired) electrons. The van der Waals surface area contributed by atoms with Crippen molar-refractivity contribution in [3.8, 4) is 5.75 Å². The van der Waals surface area contributed by atoms with Crippen molar-refractivity contribution in [2.45, 2.75) is 39.1 Å². The predicted octanol–water partition coefficient (Wildman–Crippen LogP) is 4.43. The van der Waals surface area contributed by atoms with E-state index in [1.165, 1.54) is 0 Å². The number of halogens is 1. The van der Waals surface area contributed by atoms with Crippen molar-refractivity contribution < 1.29 is 9.47 Å². The van der Waals surface area contributed by atoms with E-state index in [4.69, 9.17) is 9.47 Å². The molecule has 2 nitrogen and oxygen atoms in total. The lowest BCUT2D eigenvalue weighted by atomic mass is 9.78.